The molecule has 2 nitrogen and oxygen atoms in total. The van der Waals surface area contributed by atoms with Crippen LogP contribution in [0.5, 0.6) is 11.5 Å². The van der Waals surface area contributed by atoms with Crippen molar-refractivity contribution in [2.75, 3.05) is 14.2 Å². The molecule has 1 fully saturated rings. The quantitative estimate of drug-likeness (QED) is 0.788. The van der Waals surface area contributed by atoms with Crippen molar-refractivity contribution in [1.82, 2.24) is 0 Å². The molecule has 2 rings (SSSR count). The van der Waals surface area contributed by atoms with Gasteiger partial charge in [0, 0.05) is 5.56 Å². The Kier molecular flexibility index (Phi) is 4.29. The molecule has 18 heavy (non-hydrogen) atoms. The van der Waals surface area contributed by atoms with Crippen molar-refractivity contribution >= 4 is 5.57 Å². The van der Waals surface area contributed by atoms with Gasteiger partial charge < -0.3 is 9.47 Å². The van der Waals surface area contributed by atoms with Gasteiger partial charge in [0.2, 0.25) is 0 Å². The van der Waals surface area contributed by atoms with E-state index in [1.807, 2.05) is 18.2 Å². The zero-order valence-corrected chi connectivity index (χ0v) is 11.4. The van der Waals surface area contributed by atoms with E-state index in [9.17, 15) is 0 Å². The summed E-state index contributed by atoms with van der Waals surface area (Å²) in [6.07, 6.45) is 6.49. The maximum absolute atomic E-state index is 5.44. The number of allylic oxidation sites excluding steroid dienone is 1. The highest BCUT2D eigenvalue weighted by molar-refractivity contribution is 5.71. The summed E-state index contributed by atoms with van der Waals surface area (Å²) in [5.41, 5.74) is 2.30. The average molecular weight is 246 g/mol. The minimum atomic E-state index is 0.597. The largest absolute Gasteiger partial charge is 0.497 e. The molecule has 1 aromatic carbocycles. The molecule has 1 aromatic rings. The second kappa shape index (κ2) is 5.94. The lowest BCUT2D eigenvalue weighted by Gasteiger charge is -2.25. The zero-order chi connectivity index (χ0) is 13.0. The molecular formula is C16H22O2. The average Bonchev–Trinajstić information content (AvgIpc) is 2.46. The van der Waals surface area contributed by atoms with E-state index in [4.69, 9.17) is 9.47 Å². The van der Waals surface area contributed by atoms with Gasteiger partial charge in [0.1, 0.15) is 11.5 Å². The van der Waals surface area contributed by atoms with Crippen molar-refractivity contribution in [1.29, 1.82) is 0 Å². The third kappa shape index (κ3) is 2.69. The lowest BCUT2D eigenvalue weighted by Crippen LogP contribution is -2.08. The number of hydrogen-bond donors (Lipinski definition) is 0. The Balaban J connectivity index is 2.26. The molecule has 1 aliphatic carbocycles. The fraction of sp³-hybridized carbons (Fsp3) is 0.500. The smallest absolute Gasteiger partial charge is 0.126 e. The molecule has 0 unspecified atom stereocenters. The molecule has 0 aliphatic heterocycles. The van der Waals surface area contributed by atoms with Gasteiger partial charge >= 0.3 is 0 Å². The predicted octanol–water partition coefficient (Wildman–Crippen LogP) is 4.30. The van der Waals surface area contributed by atoms with Crippen LogP contribution in [0.2, 0.25) is 0 Å². The molecule has 0 N–H and O–H groups in total. The summed E-state index contributed by atoms with van der Waals surface area (Å²) in [5, 5.41) is 0. The van der Waals surface area contributed by atoms with Crippen molar-refractivity contribution in [2.24, 2.45) is 5.92 Å². The van der Waals surface area contributed by atoms with Crippen LogP contribution >= 0.6 is 0 Å². The monoisotopic (exact) mass is 246 g/mol. The molecule has 0 heterocycles. The summed E-state index contributed by atoms with van der Waals surface area (Å²) in [6, 6.07) is 5.93. The molecule has 2 heteroatoms. The molecule has 0 radical (unpaired) electrons. The van der Waals surface area contributed by atoms with Crippen molar-refractivity contribution in [3.63, 3.8) is 0 Å². The number of ether oxygens (including phenoxy) is 2. The Morgan fingerprint density at radius 1 is 1.11 bits per heavy atom. The molecule has 0 amide bonds. The first-order valence-electron chi connectivity index (χ1n) is 6.67. The number of rotatable bonds is 4. The van der Waals surface area contributed by atoms with Crippen LogP contribution in [-0.4, -0.2) is 14.2 Å². The van der Waals surface area contributed by atoms with E-state index in [-0.39, 0.29) is 0 Å². The highest BCUT2D eigenvalue weighted by atomic mass is 16.5. The SMILES string of the molecule is C=C(c1cc(OC)ccc1OC)C1CCCCC1. The molecule has 1 aliphatic rings. The highest BCUT2D eigenvalue weighted by Gasteiger charge is 2.20. The van der Waals surface area contributed by atoms with E-state index in [2.05, 4.69) is 6.58 Å². The second-order valence-electron chi connectivity index (χ2n) is 4.93. The molecule has 0 atom stereocenters. The molecule has 0 spiro atoms. The Morgan fingerprint density at radius 2 is 1.83 bits per heavy atom. The molecular weight excluding hydrogens is 224 g/mol. The van der Waals surface area contributed by atoms with E-state index in [1.165, 1.54) is 37.7 Å². The first-order valence-corrected chi connectivity index (χ1v) is 6.67. The van der Waals surface area contributed by atoms with Crippen molar-refractivity contribution < 1.29 is 9.47 Å². The third-order valence-corrected chi connectivity index (χ3v) is 3.85. The Bertz CT molecular complexity index is 417. The van der Waals surface area contributed by atoms with Gasteiger partial charge in [-0.15, -0.1) is 0 Å². The van der Waals surface area contributed by atoms with E-state index < -0.39 is 0 Å². The fourth-order valence-corrected chi connectivity index (χ4v) is 2.74. The van der Waals surface area contributed by atoms with Gasteiger partial charge in [0.15, 0.2) is 0 Å². The third-order valence-electron chi connectivity index (χ3n) is 3.85. The van der Waals surface area contributed by atoms with Gasteiger partial charge in [-0.3, -0.25) is 0 Å². The summed E-state index contributed by atoms with van der Waals surface area (Å²) in [4.78, 5) is 0. The topological polar surface area (TPSA) is 18.5 Å². The predicted molar refractivity (Wildman–Crippen MR) is 75.2 cm³/mol. The Morgan fingerprint density at radius 3 is 2.44 bits per heavy atom. The van der Waals surface area contributed by atoms with Crippen molar-refractivity contribution in [3.8, 4) is 11.5 Å². The lowest BCUT2D eigenvalue weighted by atomic mass is 9.81. The highest BCUT2D eigenvalue weighted by Crippen LogP contribution is 2.39. The van der Waals surface area contributed by atoms with Crippen LogP contribution in [-0.2, 0) is 0 Å². The lowest BCUT2D eigenvalue weighted by molar-refractivity contribution is 0.398. The van der Waals surface area contributed by atoms with Crippen LogP contribution < -0.4 is 9.47 Å². The fourth-order valence-electron chi connectivity index (χ4n) is 2.74. The summed E-state index contributed by atoms with van der Waals surface area (Å²) >= 11 is 0. The minimum absolute atomic E-state index is 0.597. The van der Waals surface area contributed by atoms with Crippen LogP contribution in [0.15, 0.2) is 24.8 Å². The molecule has 98 valence electrons. The van der Waals surface area contributed by atoms with E-state index in [0.717, 1.165) is 17.1 Å². The van der Waals surface area contributed by atoms with E-state index in [0.29, 0.717) is 5.92 Å². The van der Waals surface area contributed by atoms with Crippen molar-refractivity contribution in [2.45, 2.75) is 32.1 Å². The Labute approximate surface area is 110 Å². The Hall–Kier alpha value is -1.44. The normalized spacial score (nSPS) is 16.3. The van der Waals surface area contributed by atoms with Crippen LogP contribution in [0.4, 0.5) is 0 Å². The summed E-state index contributed by atoms with van der Waals surface area (Å²) < 4.78 is 10.7. The summed E-state index contributed by atoms with van der Waals surface area (Å²) in [6.45, 7) is 4.30. The van der Waals surface area contributed by atoms with Crippen LogP contribution in [0.3, 0.4) is 0 Å². The number of hydrogen-bond acceptors (Lipinski definition) is 2. The minimum Gasteiger partial charge on any atom is -0.497 e. The second-order valence-corrected chi connectivity index (χ2v) is 4.93. The van der Waals surface area contributed by atoms with Gasteiger partial charge in [-0.25, -0.2) is 0 Å². The summed E-state index contributed by atoms with van der Waals surface area (Å²) in [5.74, 6) is 2.36. The van der Waals surface area contributed by atoms with E-state index in [1.54, 1.807) is 14.2 Å². The van der Waals surface area contributed by atoms with E-state index >= 15 is 0 Å². The summed E-state index contributed by atoms with van der Waals surface area (Å²) in [7, 11) is 3.40. The van der Waals surface area contributed by atoms with Gasteiger partial charge in [-0.05, 0) is 42.5 Å². The van der Waals surface area contributed by atoms with Crippen LogP contribution in [0.1, 0.15) is 37.7 Å². The van der Waals surface area contributed by atoms with Gasteiger partial charge in [-0.1, -0.05) is 25.8 Å². The first kappa shape index (κ1) is 13.0. The van der Waals surface area contributed by atoms with Crippen LogP contribution in [0, 0.1) is 5.92 Å². The van der Waals surface area contributed by atoms with Gasteiger partial charge in [-0.2, -0.15) is 0 Å². The molecule has 0 aromatic heterocycles. The van der Waals surface area contributed by atoms with Gasteiger partial charge in [0.25, 0.3) is 0 Å². The molecule has 0 saturated heterocycles. The van der Waals surface area contributed by atoms with Gasteiger partial charge in [0.05, 0.1) is 14.2 Å². The first-order chi connectivity index (χ1) is 8.76. The number of benzene rings is 1. The molecule has 0 bridgehead atoms. The van der Waals surface area contributed by atoms with Crippen molar-refractivity contribution in [3.05, 3.63) is 30.3 Å². The molecule has 1 saturated carbocycles. The van der Waals surface area contributed by atoms with Crippen LogP contribution in [0.25, 0.3) is 5.57 Å². The number of methoxy groups -OCH3 is 2. The maximum atomic E-state index is 5.44. The standard InChI is InChI=1S/C16H22O2/c1-12(13-7-5-4-6-8-13)15-11-14(17-2)9-10-16(15)18-3/h9-11,13H,1,4-8H2,2-3H3. The zero-order valence-electron chi connectivity index (χ0n) is 11.4. The maximum Gasteiger partial charge on any atom is 0.126 e.